The van der Waals surface area contributed by atoms with Gasteiger partial charge in [0.25, 0.3) is 0 Å². The topological polar surface area (TPSA) is 63.0 Å². The molecule has 0 saturated carbocycles. The Morgan fingerprint density at radius 1 is 0.500 bits per heavy atom. The van der Waals surface area contributed by atoms with Gasteiger partial charge >= 0.3 is 84.9 Å². The summed E-state index contributed by atoms with van der Waals surface area (Å²) in [5.41, 5.74) is 0. The van der Waals surface area contributed by atoms with E-state index in [0.29, 0.717) is 0 Å². The Hall–Kier alpha value is 3.04. The van der Waals surface area contributed by atoms with Gasteiger partial charge in [0.15, 0.2) is 0 Å². The van der Waals surface area contributed by atoms with Crippen LogP contribution in [0.25, 0.3) is 0 Å². The van der Waals surface area contributed by atoms with Gasteiger partial charge < -0.3 is 11.0 Å². The van der Waals surface area contributed by atoms with E-state index in [1.165, 1.54) is 0 Å². The van der Waals surface area contributed by atoms with Crippen LogP contribution in [0.5, 0.6) is 0 Å². The Bertz CT molecular complexity index is 29.2. The first-order valence-electron chi connectivity index (χ1n) is 0.926. The zero-order valence-corrected chi connectivity index (χ0v) is 12.6. The van der Waals surface area contributed by atoms with E-state index in [1.54, 1.807) is 0 Å². The van der Waals surface area contributed by atoms with Crippen molar-refractivity contribution in [2.75, 3.05) is 0 Å². The summed E-state index contributed by atoms with van der Waals surface area (Å²) in [5.74, 6) is 0. The Balaban J connectivity index is -0.0000000300. The maximum atomic E-state index is 4.98. The fourth-order valence-corrected chi connectivity index (χ4v) is 0. The van der Waals surface area contributed by atoms with Crippen LogP contribution in [0.3, 0.4) is 0 Å². The molecule has 0 aromatic carbocycles. The van der Waals surface area contributed by atoms with Crippen LogP contribution in [0.2, 0.25) is 0 Å². The van der Waals surface area contributed by atoms with Gasteiger partial charge in [0.05, 0.1) is 0 Å². The first-order chi connectivity index (χ1) is 3.46. The van der Waals surface area contributed by atoms with Crippen LogP contribution < -0.4 is 0 Å². The first-order valence-corrected chi connectivity index (χ1v) is 16.4. The fraction of sp³-hybridized carbons (Fsp3) is 0. The van der Waals surface area contributed by atoms with E-state index in [4.69, 9.17) is 56.5 Å². The van der Waals surface area contributed by atoms with E-state index in [0.717, 1.165) is 0 Å². The summed E-state index contributed by atoms with van der Waals surface area (Å²) in [4.78, 5) is 0. The molecule has 0 spiro atoms. The second-order valence-corrected chi connectivity index (χ2v) is 18.6. The average Bonchev–Trinajstić information content (AvgIpc) is 1.25. The molecule has 10 heteroatoms. The maximum absolute atomic E-state index is 4.98. The molecule has 0 amide bonds. The van der Waals surface area contributed by atoms with E-state index < -0.39 is 28.4 Å². The third-order valence-corrected chi connectivity index (χ3v) is 0. The van der Waals surface area contributed by atoms with Crippen LogP contribution in [-0.2, 0) is 28.4 Å². The van der Waals surface area contributed by atoms with Crippen LogP contribution in [0.4, 0.5) is 0 Å². The Morgan fingerprint density at radius 2 is 0.500 bits per heavy atom. The van der Waals surface area contributed by atoms with Crippen molar-refractivity contribution in [3.63, 3.8) is 0 Å². The summed E-state index contributed by atoms with van der Waals surface area (Å²) >= 11 is -3.88. The molecular formula is H4Cl6Mo2O2. The molecule has 0 aromatic heterocycles. The van der Waals surface area contributed by atoms with Gasteiger partial charge in [-0.2, -0.15) is 0 Å². The average molecular weight is 441 g/mol. The predicted molar refractivity (Wildman–Crippen MR) is 42.3 cm³/mol. The molecule has 0 fully saturated rings. The molecule has 4 N–H and O–H groups in total. The van der Waals surface area contributed by atoms with E-state index in [2.05, 4.69) is 0 Å². The second-order valence-electron chi connectivity index (χ2n) is 0.350. The standard InChI is InChI=1S/6ClH.2Mo.2H2O/h6*1H;;;2*1H2/q;;;;;;2*+3;;/p-6. The molecule has 10 heavy (non-hydrogen) atoms. The molecule has 0 bridgehead atoms. The van der Waals surface area contributed by atoms with Gasteiger partial charge in [-0.3, -0.25) is 0 Å². The molecule has 0 aliphatic rings. The summed E-state index contributed by atoms with van der Waals surface area (Å²) < 4.78 is 0. The number of rotatable bonds is 0. The van der Waals surface area contributed by atoms with Crippen molar-refractivity contribution in [2.45, 2.75) is 0 Å². The SMILES string of the molecule is O.O.[Cl][Mo]([Cl])[Cl].[Cl][Mo]([Cl])[Cl]. The molecule has 0 aliphatic heterocycles. The second kappa shape index (κ2) is 18.0. The Morgan fingerprint density at radius 3 is 0.500 bits per heavy atom. The number of hydrogen-bond acceptors (Lipinski definition) is 0. The summed E-state index contributed by atoms with van der Waals surface area (Å²) in [6.07, 6.45) is 0. The van der Waals surface area contributed by atoms with Crippen molar-refractivity contribution in [3.8, 4) is 0 Å². The molecule has 70 valence electrons. The van der Waals surface area contributed by atoms with Crippen molar-refractivity contribution in [2.24, 2.45) is 0 Å². The molecule has 0 unspecified atom stereocenters. The molecule has 0 aromatic rings. The van der Waals surface area contributed by atoms with Crippen molar-refractivity contribution in [3.05, 3.63) is 0 Å². The normalized spacial score (nSPS) is 7.20. The quantitative estimate of drug-likeness (QED) is 0.520. The van der Waals surface area contributed by atoms with E-state index >= 15 is 0 Å². The monoisotopic (exact) mass is 442 g/mol. The van der Waals surface area contributed by atoms with Crippen molar-refractivity contribution < 1.29 is 39.3 Å². The fourth-order valence-electron chi connectivity index (χ4n) is 0. The van der Waals surface area contributed by atoms with Crippen LogP contribution in [-0.4, -0.2) is 11.0 Å². The predicted octanol–water partition coefficient (Wildman–Crippen LogP) is 2.48. The summed E-state index contributed by atoms with van der Waals surface area (Å²) in [6, 6.07) is 0. The molecule has 2 nitrogen and oxygen atoms in total. The van der Waals surface area contributed by atoms with Gasteiger partial charge in [-0.1, -0.05) is 0 Å². The third-order valence-electron chi connectivity index (χ3n) is 0. The molecule has 0 heterocycles. The zero-order valence-electron chi connectivity index (χ0n) is 4.08. The van der Waals surface area contributed by atoms with Gasteiger partial charge in [0, 0.05) is 0 Å². The summed E-state index contributed by atoms with van der Waals surface area (Å²) in [5, 5.41) is 0. The van der Waals surface area contributed by atoms with E-state index in [1.807, 2.05) is 0 Å². The molecule has 0 rings (SSSR count). The van der Waals surface area contributed by atoms with Gasteiger partial charge in [-0.25, -0.2) is 0 Å². The van der Waals surface area contributed by atoms with Gasteiger partial charge in [-0.15, -0.1) is 0 Å². The summed E-state index contributed by atoms with van der Waals surface area (Å²) in [7, 11) is 29.9. The van der Waals surface area contributed by atoms with Crippen LogP contribution in [0.15, 0.2) is 0 Å². The van der Waals surface area contributed by atoms with Crippen molar-refractivity contribution in [1.82, 2.24) is 0 Å². The van der Waals surface area contributed by atoms with Crippen LogP contribution in [0.1, 0.15) is 0 Å². The van der Waals surface area contributed by atoms with E-state index in [9.17, 15) is 0 Å². The first kappa shape index (κ1) is 23.1. The third kappa shape index (κ3) is 121. The van der Waals surface area contributed by atoms with Gasteiger partial charge in [-0.05, 0) is 0 Å². The molecule has 0 aliphatic carbocycles. The van der Waals surface area contributed by atoms with Crippen LogP contribution in [0, 0.1) is 0 Å². The van der Waals surface area contributed by atoms with Crippen molar-refractivity contribution >= 4 is 56.5 Å². The minimum absolute atomic E-state index is 0. The molecule has 0 radical (unpaired) electrons. The Kier molecular flexibility index (Phi) is 41.5. The van der Waals surface area contributed by atoms with E-state index in [-0.39, 0.29) is 11.0 Å². The molecule has 0 atom stereocenters. The van der Waals surface area contributed by atoms with Gasteiger partial charge in [0.1, 0.15) is 0 Å². The molecule has 0 saturated heterocycles. The van der Waals surface area contributed by atoms with Gasteiger partial charge in [0.2, 0.25) is 0 Å². The van der Waals surface area contributed by atoms with Crippen molar-refractivity contribution in [1.29, 1.82) is 0 Å². The summed E-state index contributed by atoms with van der Waals surface area (Å²) in [6.45, 7) is 0. The number of hydrogen-bond donors (Lipinski definition) is 0. The minimum atomic E-state index is -1.94. The van der Waals surface area contributed by atoms with Crippen LogP contribution >= 0.6 is 56.5 Å². The zero-order chi connectivity index (χ0) is 7.15. The number of halogens is 6. The molecular weight excluding hydrogens is 437 g/mol. The Labute approximate surface area is 94.3 Å².